The van der Waals surface area contributed by atoms with Crippen LogP contribution in [0.2, 0.25) is 0 Å². The van der Waals surface area contributed by atoms with E-state index in [2.05, 4.69) is 64.4 Å². The molecule has 1 rings (SSSR count). The Bertz CT molecular complexity index is 427. The van der Waals surface area contributed by atoms with Crippen molar-refractivity contribution in [2.24, 2.45) is 4.99 Å². The monoisotopic (exact) mass is 343 g/mol. The van der Waals surface area contributed by atoms with E-state index in [1.807, 2.05) is 30.8 Å². The fraction of sp³-hybridized carbons (Fsp3) is 0.500. The molecule has 0 saturated carbocycles. The van der Waals surface area contributed by atoms with E-state index in [0.29, 0.717) is 0 Å². The number of guanidine groups is 1. The van der Waals surface area contributed by atoms with Gasteiger partial charge in [-0.25, -0.2) is 0 Å². The van der Waals surface area contributed by atoms with E-state index in [9.17, 15) is 0 Å². The summed E-state index contributed by atoms with van der Waals surface area (Å²) in [4.78, 5) is 7.48. The van der Waals surface area contributed by atoms with Gasteiger partial charge in [0.1, 0.15) is 0 Å². The van der Waals surface area contributed by atoms with Crippen molar-refractivity contribution >= 4 is 33.7 Å². The number of nitrogens with zero attached hydrogens (tertiary/aromatic N) is 2. The Kier molecular flexibility index (Phi) is 6.20. The maximum absolute atomic E-state index is 4.23. The Labute approximate surface area is 129 Å². The summed E-state index contributed by atoms with van der Waals surface area (Å²) in [5.74, 6) is 0.907. The second-order valence-corrected chi connectivity index (χ2v) is 7.81. The zero-order valence-electron chi connectivity index (χ0n) is 12.2. The summed E-state index contributed by atoms with van der Waals surface area (Å²) < 4.78 is 1.21. The summed E-state index contributed by atoms with van der Waals surface area (Å²) in [6.45, 7) is 5.32. The molecule has 1 aromatic carbocycles. The number of halogens is 1. The highest BCUT2D eigenvalue weighted by molar-refractivity contribution is 9.10. The van der Waals surface area contributed by atoms with Crippen LogP contribution in [-0.4, -0.2) is 43.3 Å². The Morgan fingerprint density at radius 2 is 1.89 bits per heavy atom. The van der Waals surface area contributed by atoms with Crippen LogP contribution in [0, 0.1) is 0 Å². The van der Waals surface area contributed by atoms with E-state index < -0.39 is 0 Å². The smallest absolute Gasteiger partial charge is 0.193 e. The second kappa shape index (κ2) is 7.20. The minimum absolute atomic E-state index is 0.0970. The molecule has 0 aliphatic heterocycles. The van der Waals surface area contributed by atoms with Gasteiger partial charge < -0.3 is 10.2 Å². The average Bonchev–Trinajstić information content (AvgIpc) is 2.32. The largest absolute Gasteiger partial charge is 0.355 e. The van der Waals surface area contributed by atoms with Crippen LogP contribution in [0.5, 0.6) is 0 Å². The van der Waals surface area contributed by atoms with Crippen LogP contribution in [0.3, 0.4) is 0 Å². The first-order valence-corrected chi connectivity index (χ1v) is 7.77. The molecule has 106 valence electrons. The molecule has 1 N–H and O–H groups in total. The standard InChI is InChI=1S/C14H22BrN3S/c1-14(2,10-17-13(16-3)18(4)5)19-12-8-6-11(15)7-9-12/h6-9H,10H2,1-5H3,(H,16,17). The molecule has 0 atom stereocenters. The maximum atomic E-state index is 4.23. The Hall–Kier alpha value is -0.680. The predicted octanol–water partition coefficient (Wildman–Crippen LogP) is 3.46. The van der Waals surface area contributed by atoms with Gasteiger partial charge in [0, 0.05) is 41.8 Å². The van der Waals surface area contributed by atoms with Crippen molar-refractivity contribution in [3.8, 4) is 0 Å². The van der Waals surface area contributed by atoms with Gasteiger partial charge in [0.2, 0.25) is 0 Å². The molecule has 0 bridgehead atoms. The number of hydrogen-bond donors (Lipinski definition) is 1. The molecule has 19 heavy (non-hydrogen) atoms. The van der Waals surface area contributed by atoms with E-state index in [1.54, 1.807) is 7.05 Å². The van der Waals surface area contributed by atoms with Gasteiger partial charge in [0.15, 0.2) is 5.96 Å². The molecular formula is C14H22BrN3S. The molecule has 1 aromatic rings. The summed E-state index contributed by atoms with van der Waals surface area (Å²) in [5, 5.41) is 3.39. The number of nitrogens with one attached hydrogen (secondary N) is 1. The minimum Gasteiger partial charge on any atom is -0.355 e. The van der Waals surface area contributed by atoms with E-state index in [1.165, 1.54) is 4.90 Å². The van der Waals surface area contributed by atoms with Crippen molar-refractivity contribution in [3.05, 3.63) is 28.7 Å². The van der Waals surface area contributed by atoms with Crippen LogP contribution in [-0.2, 0) is 0 Å². The molecular weight excluding hydrogens is 322 g/mol. The Balaban J connectivity index is 2.58. The molecule has 0 saturated heterocycles. The molecule has 3 nitrogen and oxygen atoms in total. The summed E-state index contributed by atoms with van der Waals surface area (Å²) in [7, 11) is 5.78. The van der Waals surface area contributed by atoms with Crippen LogP contribution in [0.4, 0.5) is 0 Å². The van der Waals surface area contributed by atoms with Gasteiger partial charge in [0.25, 0.3) is 0 Å². The van der Waals surface area contributed by atoms with Crippen molar-refractivity contribution in [3.63, 3.8) is 0 Å². The third-order valence-electron chi connectivity index (χ3n) is 2.52. The number of aliphatic imine (C=N–C) groups is 1. The topological polar surface area (TPSA) is 27.6 Å². The molecule has 0 heterocycles. The molecule has 0 aliphatic carbocycles. The van der Waals surface area contributed by atoms with Crippen LogP contribution in [0.25, 0.3) is 0 Å². The number of hydrogen-bond acceptors (Lipinski definition) is 2. The molecule has 0 amide bonds. The second-order valence-electron chi connectivity index (χ2n) is 5.11. The van der Waals surface area contributed by atoms with Crippen LogP contribution in [0.15, 0.2) is 38.6 Å². The zero-order valence-corrected chi connectivity index (χ0v) is 14.6. The normalized spacial score (nSPS) is 12.4. The number of thioether (sulfide) groups is 1. The van der Waals surface area contributed by atoms with Crippen molar-refractivity contribution in [2.45, 2.75) is 23.5 Å². The lowest BCUT2D eigenvalue weighted by Gasteiger charge is -2.27. The maximum Gasteiger partial charge on any atom is 0.193 e. The molecule has 0 spiro atoms. The molecule has 0 unspecified atom stereocenters. The van der Waals surface area contributed by atoms with E-state index in [-0.39, 0.29) is 4.75 Å². The van der Waals surface area contributed by atoms with Crippen molar-refractivity contribution in [1.29, 1.82) is 0 Å². The van der Waals surface area contributed by atoms with Crippen molar-refractivity contribution < 1.29 is 0 Å². The van der Waals surface area contributed by atoms with E-state index in [0.717, 1.165) is 17.0 Å². The van der Waals surface area contributed by atoms with Gasteiger partial charge in [-0.3, -0.25) is 4.99 Å². The lowest BCUT2D eigenvalue weighted by atomic mass is 10.2. The Morgan fingerprint density at radius 1 is 1.32 bits per heavy atom. The number of benzene rings is 1. The van der Waals surface area contributed by atoms with Gasteiger partial charge in [-0.15, -0.1) is 11.8 Å². The third kappa shape index (κ3) is 5.87. The van der Waals surface area contributed by atoms with Crippen LogP contribution >= 0.6 is 27.7 Å². The van der Waals surface area contributed by atoms with Crippen molar-refractivity contribution in [1.82, 2.24) is 10.2 Å². The highest BCUT2D eigenvalue weighted by Gasteiger charge is 2.20. The zero-order chi connectivity index (χ0) is 14.5. The molecule has 0 fully saturated rings. The van der Waals surface area contributed by atoms with Gasteiger partial charge in [-0.2, -0.15) is 0 Å². The summed E-state index contributed by atoms with van der Waals surface area (Å²) in [6.07, 6.45) is 0. The van der Waals surface area contributed by atoms with Gasteiger partial charge in [-0.1, -0.05) is 15.9 Å². The fourth-order valence-electron chi connectivity index (χ4n) is 1.59. The van der Waals surface area contributed by atoms with Gasteiger partial charge in [-0.05, 0) is 38.1 Å². The molecule has 0 aliphatic rings. The van der Waals surface area contributed by atoms with Crippen molar-refractivity contribution in [2.75, 3.05) is 27.7 Å². The summed E-state index contributed by atoms with van der Waals surface area (Å²) in [5.41, 5.74) is 0. The average molecular weight is 344 g/mol. The molecule has 5 heteroatoms. The highest BCUT2D eigenvalue weighted by atomic mass is 79.9. The fourth-order valence-corrected chi connectivity index (χ4v) is 2.91. The third-order valence-corrected chi connectivity index (χ3v) is 4.25. The first-order valence-electron chi connectivity index (χ1n) is 6.16. The van der Waals surface area contributed by atoms with Gasteiger partial charge >= 0.3 is 0 Å². The molecule has 0 radical (unpaired) electrons. The SMILES string of the molecule is CN=C(NCC(C)(C)Sc1ccc(Br)cc1)N(C)C. The lowest BCUT2D eigenvalue weighted by molar-refractivity contribution is 0.564. The quantitative estimate of drug-likeness (QED) is 0.515. The van der Waals surface area contributed by atoms with Crippen LogP contribution in [0.1, 0.15) is 13.8 Å². The minimum atomic E-state index is 0.0970. The molecule has 0 aromatic heterocycles. The van der Waals surface area contributed by atoms with Gasteiger partial charge in [0.05, 0.1) is 0 Å². The first-order chi connectivity index (χ1) is 8.84. The summed E-state index contributed by atoms with van der Waals surface area (Å²) in [6, 6.07) is 8.42. The highest BCUT2D eigenvalue weighted by Crippen LogP contribution is 2.32. The van der Waals surface area contributed by atoms with E-state index >= 15 is 0 Å². The van der Waals surface area contributed by atoms with E-state index in [4.69, 9.17) is 0 Å². The number of rotatable bonds is 4. The van der Waals surface area contributed by atoms with Crippen LogP contribution < -0.4 is 5.32 Å². The Morgan fingerprint density at radius 3 is 2.37 bits per heavy atom. The summed E-state index contributed by atoms with van der Waals surface area (Å²) >= 11 is 5.32. The first kappa shape index (κ1) is 16.4. The lowest BCUT2D eigenvalue weighted by Crippen LogP contribution is -2.42. The predicted molar refractivity (Wildman–Crippen MR) is 89.1 cm³/mol.